The van der Waals surface area contributed by atoms with E-state index in [9.17, 15) is 24.9 Å². The van der Waals surface area contributed by atoms with Gasteiger partial charge in [-0.2, -0.15) is 0 Å². The maximum atomic E-state index is 13.0. The number of urea groups is 1. The van der Waals surface area contributed by atoms with Crippen molar-refractivity contribution in [2.45, 2.75) is 64.2 Å². The summed E-state index contributed by atoms with van der Waals surface area (Å²) in [6, 6.07) is 21.9. The van der Waals surface area contributed by atoms with Gasteiger partial charge in [-0.05, 0) is 79.6 Å². The Morgan fingerprint density at radius 1 is 0.841 bits per heavy atom. The van der Waals surface area contributed by atoms with Gasteiger partial charge in [-0.3, -0.25) is 4.79 Å². The lowest BCUT2D eigenvalue weighted by Gasteiger charge is -2.18. The standard InChI is InChI=1S/C35H45N3O6/c39-26-30-22-29(16-17-32(30)40)33(41)23-36-18-7-1-2-8-19-44-20-9-6-11-27-14-10-15-31(21-27)38-34(42)25-37(35(38)43)24-28-12-4-3-5-13-28/h3-5,10,12-17,21-22,33,36,39-41H,1-2,6-9,11,18-20,23-26H2/t33-/m1/s1. The smallest absolute Gasteiger partial charge is 0.332 e. The fourth-order valence-electron chi connectivity index (χ4n) is 5.32. The van der Waals surface area contributed by atoms with Gasteiger partial charge in [0.2, 0.25) is 0 Å². The number of unbranched alkanes of at least 4 members (excludes halogenated alkanes) is 4. The van der Waals surface area contributed by atoms with Crippen LogP contribution in [0.2, 0.25) is 0 Å². The number of carbonyl (C=O) groups excluding carboxylic acids is 2. The highest BCUT2D eigenvalue weighted by Gasteiger charge is 2.37. The summed E-state index contributed by atoms with van der Waals surface area (Å²) in [6.45, 7) is 2.94. The lowest BCUT2D eigenvalue weighted by molar-refractivity contribution is -0.116. The maximum absolute atomic E-state index is 13.0. The van der Waals surface area contributed by atoms with Gasteiger partial charge in [0.25, 0.3) is 5.91 Å². The van der Waals surface area contributed by atoms with E-state index in [0.717, 1.165) is 69.2 Å². The van der Waals surface area contributed by atoms with Gasteiger partial charge in [0, 0.05) is 31.9 Å². The molecule has 1 aliphatic heterocycles. The number of ether oxygens (including phenoxy) is 1. The fourth-order valence-corrected chi connectivity index (χ4v) is 5.32. The number of aromatic hydroxyl groups is 1. The molecule has 0 bridgehead atoms. The van der Waals surface area contributed by atoms with Crippen molar-refractivity contribution in [3.63, 3.8) is 0 Å². The average molecular weight is 604 g/mol. The number of nitrogens with one attached hydrogen (secondary N) is 1. The van der Waals surface area contributed by atoms with Crippen LogP contribution in [0.5, 0.6) is 5.75 Å². The second-order valence-corrected chi connectivity index (χ2v) is 11.3. The summed E-state index contributed by atoms with van der Waals surface area (Å²) in [5.74, 6) is -0.166. The van der Waals surface area contributed by atoms with Gasteiger partial charge in [0.1, 0.15) is 12.3 Å². The monoisotopic (exact) mass is 603 g/mol. The van der Waals surface area contributed by atoms with Crippen molar-refractivity contribution in [3.8, 4) is 5.75 Å². The molecule has 44 heavy (non-hydrogen) atoms. The third-order valence-corrected chi connectivity index (χ3v) is 7.82. The minimum absolute atomic E-state index is 0.0327. The predicted octanol–water partition coefficient (Wildman–Crippen LogP) is 5.08. The first-order chi connectivity index (χ1) is 21.5. The SMILES string of the molecule is O=C1CN(Cc2ccccc2)C(=O)N1c1cccc(CCCCOCCCCCCNC[C@@H](O)c2ccc(O)c(CO)c2)c1. The number of phenols is 1. The molecular weight excluding hydrogens is 558 g/mol. The van der Waals surface area contributed by atoms with Crippen LogP contribution in [0.1, 0.15) is 66.9 Å². The molecule has 0 aliphatic carbocycles. The third kappa shape index (κ3) is 9.89. The van der Waals surface area contributed by atoms with Crippen molar-refractivity contribution in [2.75, 3.05) is 37.7 Å². The van der Waals surface area contributed by atoms with E-state index in [-0.39, 0.29) is 30.8 Å². The molecule has 4 N–H and O–H groups in total. The highest BCUT2D eigenvalue weighted by Crippen LogP contribution is 2.25. The van der Waals surface area contributed by atoms with E-state index in [1.807, 2.05) is 54.6 Å². The maximum Gasteiger partial charge on any atom is 0.332 e. The number of rotatable bonds is 19. The Morgan fingerprint density at radius 2 is 1.59 bits per heavy atom. The quantitative estimate of drug-likeness (QED) is 0.111. The number of nitrogens with zero attached hydrogens (tertiary/aromatic N) is 2. The number of aliphatic hydroxyl groups excluding tert-OH is 2. The number of carbonyl (C=O) groups is 2. The summed E-state index contributed by atoms with van der Waals surface area (Å²) >= 11 is 0. The van der Waals surface area contributed by atoms with Gasteiger partial charge in [-0.15, -0.1) is 0 Å². The van der Waals surface area contributed by atoms with Crippen LogP contribution >= 0.6 is 0 Å². The van der Waals surface area contributed by atoms with Crippen molar-refractivity contribution < 1.29 is 29.6 Å². The average Bonchev–Trinajstić information content (AvgIpc) is 3.31. The van der Waals surface area contributed by atoms with E-state index in [4.69, 9.17) is 4.74 Å². The molecule has 1 heterocycles. The van der Waals surface area contributed by atoms with E-state index >= 15 is 0 Å². The molecule has 1 fully saturated rings. The van der Waals surface area contributed by atoms with Gasteiger partial charge in [-0.25, -0.2) is 9.69 Å². The molecule has 3 aromatic carbocycles. The van der Waals surface area contributed by atoms with E-state index in [1.165, 1.54) is 11.0 Å². The number of imide groups is 1. The lowest BCUT2D eigenvalue weighted by Crippen LogP contribution is -2.32. The molecule has 9 nitrogen and oxygen atoms in total. The molecule has 3 aromatic rings. The molecule has 0 saturated carbocycles. The molecule has 1 aliphatic rings. The van der Waals surface area contributed by atoms with Crippen molar-refractivity contribution in [3.05, 3.63) is 95.1 Å². The summed E-state index contributed by atoms with van der Waals surface area (Å²) in [5, 5.41) is 32.5. The van der Waals surface area contributed by atoms with Gasteiger partial charge < -0.3 is 30.3 Å². The summed E-state index contributed by atoms with van der Waals surface area (Å²) in [7, 11) is 0. The van der Waals surface area contributed by atoms with Crippen molar-refractivity contribution >= 4 is 17.6 Å². The number of aliphatic hydroxyl groups is 2. The summed E-state index contributed by atoms with van der Waals surface area (Å²) < 4.78 is 5.81. The second-order valence-electron chi connectivity index (χ2n) is 11.3. The van der Waals surface area contributed by atoms with Gasteiger partial charge in [0.15, 0.2) is 0 Å². The van der Waals surface area contributed by atoms with E-state index in [0.29, 0.717) is 36.5 Å². The van der Waals surface area contributed by atoms with Crippen LogP contribution < -0.4 is 10.2 Å². The Morgan fingerprint density at radius 3 is 2.39 bits per heavy atom. The zero-order valence-electron chi connectivity index (χ0n) is 25.4. The first-order valence-corrected chi connectivity index (χ1v) is 15.6. The highest BCUT2D eigenvalue weighted by molar-refractivity contribution is 6.19. The molecule has 4 rings (SSSR count). The van der Waals surface area contributed by atoms with Crippen LogP contribution in [0.15, 0.2) is 72.8 Å². The van der Waals surface area contributed by atoms with Crippen LogP contribution in [-0.4, -0.2) is 65.0 Å². The van der Waals surface area contributed by atoms with Crippen LogP contribution in [0.25, 0.3) is 0 Å². The normalized spacial score (nSPS) is 14.0. The fraction of sp³-hybridized carbons (Fsp3) is 0.429. The van der Waals surface area contributed by atoms with Crippen LogP contribution in [0.3, 0.4) is 0 Å². The molecule has 3 amide bonds. The first-order valence-electron chi connectivity index (χ1n) is 15.6. The van der Waals surface area contributed by atoms with Crippen LogP contribution in [0, 0.1) is 0 Å². The van der Waals surface area contributed by atoms with Gasteiger partial charge in [0.05, 0.1) is 18.4 Å². The predicted molar refractivity (Wildman–Crippen MR) is 170 cm³/mol. The molecule has 0 spiro atoms. The minimum atomic E-state index is -0.687. The van der Waals surface area contributed by atoms with E-state index in [1.54, 1.807) is 17.0 Å². The molecule has 1 atom stereocenters. The highest BCUT2D eigenvalue weighted by atomic mass is 16.5. The number of hydrogen-bond acceptors (Lipinski definition) is 7. The third-order valence-electron chi connectivity index (χ3n) is 7.82. The van der Waals surface area contributed by atoms with Gasteiger partial charge in [-0.1, -0.05) is 61.4 Å². The zero-order chi connectivity index (χ0) is 31.1. The molecule has 0 unspecified atom stereocenters. The number of benzene rings is 3. The molecular formula is C35H45N3O6. The Hall–Kier alpha value is -3.76. The number of anilines is 1. The largest absolute Gasteiger partial charge is 0.508 e. The molecule has 0 aromatic heterocycles. The zero-order valence-corrected chi connectivity index (χ0v) is 25.4. The summed E-state index contributed by atoms with van der Waals surface area (Å²) in [4.78, 5) is 28.6. The topological polar surface area (TPSA) is 123 Å². The number of amides is 3. The van der Waals surface area contributed by atoms with Crippen molar-refractivity contribution in [1.29, 1.82) is 0 Å². The summed E-state index contributed by atoms with van der Waals surface area (Å²) in [6.07, 6.45) is 6.29. The molecule has 236 valence electrons. The second kappa shape index (κ2) is 17.5. The molecule has 1 saturated heterocycles. The van der Waals surface area contributed by atoms with Crippen LogP contribution in [-0.2, 0) is 29.1 Å². The van der Waals surface area contributed by atoms with Crippen molar-refractivity contribution in [1.82, 2.24) is 10.2 Å². The first kappa shape index (κ1) is 33.1. The van der Waals surface area contributed by atoms with Crippen LogP contribution in [0.4, 0.5) is 10.5 Å². The number of hydrogen-bond donors (Lipinski definition) is 4. The summed E-state index contributed by atoms with van der Waals surface area (Å²) in [5.41, 5.74) is 3.81. The Labute approximate surface area is 260 Å². The van der Waals surface area contributed by atoms with Gasteiger partial charge >= 0.3 is 6.03 Å². The number of aryl methyl sites for hydroxylation is 1. The molecule has 0 radical (unpaired) electrons. The Bertz CT molecular complexity index is 1340. The Balaban J connectivity index is 1.03. The van der Waals surface area contributed by atoms with Crippen molar-refractivity contribution in [2.24, 2.45) is 0 Å². The lowest BCUT2D eigenvalue weighted by atomic mass is 10.1. The van der Waals surface area contributed by atoms with E-state index in [2.05, 4.69) is 5.32 Å². The Kier molecular flexibility index (Phi) is 13.2. The van der Waals surface area contributed by atoms with E-state index < -0.39 is 6.10 Å². The minimum Gasteiger partial charge on any atom is -0.508 e. The molecule has 9 heteroatoms.